The second-order valence-corrected chi connectivity index (χ2v) is 5.18. The summed E-state index contributed by atoms with van der Waals surface area (Å²) in [5.74, 6) is -0.134. The van der Waals surface area contributed by atoms with Crippen LogP contribution in [0.5, 0.6) is 5.75 Å². The van der Waals surface area contributed by atoms with Gasteiger partial charge < -0.3 is 14.6 Å². The van der Waals surface area contributed by atoms with E-state index in [0.717, 1.165) is 24.2 Å². The van der Waals surface area contributed by atoms with E-state index < -0.39 is 12.1 Å². The van der Waals surface area contributed by atoms with E-state index >= 15 is 0 Å². The molecule has 0 unspecified atom stereocenters. The summed E-state index contributed by atoms with van der Waals surface area (Å²) in [7, 11) is 1.40. The molecule has 0 radical (unpaired) electrons. The Morgan fingerprint density at radius 2 is 2.22 bits per heavy atom. The first-order valence-corrected chi connectivity index (χ1v) is 6.00. The Kier molecular flexibility index (Phi) is 3.30. The lowest BCUT2D eigenvalue weighted by Gasteiger charge is -2.33. The molecule has 1 atom stereocenters. The molecular weight excluding hydrogens is 232 g/mol. The Labute approximate surface area is 107 Å². The van der Waals surface area contributed by atoms with Gasteiger partial charge in [0.05, 0.1) is 0 Å². The SMILES string of the molecule is CO[C@@H](C(=O)O)c1ccc2c(c1)CCC(C)(C)O2. The van der Waals surface area contributed by atoms with Crippen molar-refractivity contribution in [2.75, 3.05) is 7.11 Å². The fourth-order valence-corrected chi connectivity index (χ4v) is 2.22. The van der Waals surface area contributed by atoms with Crippen molar-refractivity contribution in [3.63, 3.8) is 0 Å². The van der Waals surface area contributed by atoms with Gasteiger partial charge in [-0.15, -0.1) is 0 Å². The Morgan fingerprint density at radius 1 is 1.50 bits per heavy atom. The number of methoxy groups -OCH3 is 1. The van der Waals surface area contributed by atoms with E-state index in [9.17, 15) is 4.79 Å². The summed E-state index contributed by atoms with van der Waals surface area (Å²) in [5, 5.41) is 9.06. The average Bonchev–Trinajstić information content (AvgIpc) is 2.29. The Bertz CT molecular complexity index is 465. The minimum atomic E-state index is -0.977. The Hall–Kier alpha value is -1.55. The molecule has 98 valence electrons. The number of aliphatic carboxylic acids is 1. The van der Waals surface area contributed by atoms with Crippen molar-refractivity contribution in [2.24, 2.45) is 0 Å². The van der Waals surface area contributed by atoms with Gasteiger partial charge in [-0.25, -0.2) is 4.79 Å². The number of aryl methyl sites for hydroxylation is 1. The van der Waals surface area contributed by atoms with Crippen LogP contribution in [-0.4, -0.2) is 23.8 Å². The van der Waals surface area contributed by atoms with Gasteiger partial charge in [-0.05, 0) is 49.9 Å². The topological polar surface area (TPSA) is 55.8 Å². The molecule has 0 saturated carbocycles. The van der Waals surface area contributed by atoms with Crippen LogP contribution in [0.15, 0.2) is 18.2 Å². The van der Waals surface area contributed by atoms with E-state index in [0.29, 0.717) is 5.56 Å². The molecule has 0 fully saturated rings. The van der Waals surface area contributed by atoms with Crippen LogP contribution in [0, 0.1) is 0 Å². The highest BCUT2D eigenvalue weighted by atomic mass is 16.5. The van der Waals surface area contributed by atoms with Crippen LogP contribution in [-0.2, 0) is 16.0 Å². The Balaban J connectivity index is 2.31. The van der Waals surface area contributed by atoms with Crippen LogP contribution < -0.4 is 4.74 Å². The number of hydrogen-bond acceptors (Lipinski definition) is 3. The number of carboxylic acids is 1. The third-order valence-electron chi connectivity index (χ3n) is 3.23. The van der Waals surface area contributed by atoms with Crippen molar-refractivity contribution in [1.82, 2.24) is 0 Å². The van der Waals surface area contributed by atoms with Crippen molar-refractivity contribution < 1.29 is 19.4 Å². The third-order valence-corrected chi connectivity index (χ3v) is 3.23. The van der Waals surface area contributed by atoms with Crippen molar-refractivity contribution in [3.05, 3.63) is 29.3 Å². The predicted octanol–water partition coefficient (Wildman–Crippen LogP) is 2.56. The number of ether oxygens (including phenoxy) is 2. The lowest BCUT2D eigenvalue weighted by Crippen LogP contribution is -2.32. The fourth-order valence-electron chi connectivity index (χ4n) is 2.22. The molecule has 0 aliphatic carbocycles. The summed E-state index contributed by atoms with van der Waals surface area (Å²) in [4.78, 5) is 11.0. The first kappa shape index (κ1) is 12.9. The molecule has 2 rings (SSSR count). The highest BCUT2D eigenvalue weighted by molar-refractivity contribution is 5.74. The van der Waals surface area contributed by atoms with Gasteiger partial charge in [-0.2, -0.15) is 0 Å². The largest absolute Gasteiger partial charge is 0.488 e. The van der Waals surface area contributed by atoms with Crippen molar-refractivity contribution in [3.8, 4) is 5.75 Å². The van der Waals surface area contributed by atoms with Gasteiger partial charge in [-0.3, -0.25) is 0 Å². The quantitative estimate of drug-likeness (QED) is 0.895. The molecule has 4 nitrogen and oxygen atoms in total. The van der Waals surface area contributed by atoms with E-state index in [1.165, 1.54) is 7.11 Å². The van der Waals surface area contributed by atoms with Crippen LogP contribution in [0.4, 0.5) is 0 Å². The second kappa shape index (κ2) is 4.61. The molecular formula is C14H18O4. The highest BCUT2D eigenvalue weighted by Crippen LogP contribution is 2.34. The maximum Gasteiger partial charge on any atom is 0.337 e. The van der Waals surface area contributed by atoms with Crippen LogP contribution in [0.2, 0.25) is 0 Å². The molecule has 1 heterocycles. The molecule has 4 heteroatoms. The zero-order chi connectivity index (χ0) is 13.3. The normalized spacial score (nSPS) is 18.6. The van der Waals surface area contributed by atoms with Crippen LogP contribution >= 0.6 is 0 Å². The van der Waals surface area contributed by atoms with Gasteiger partial charge in [0.15, 0.2) is 6.10 Å². The van der Waals surface area contributed by atoms with Crippen LogP contribution in [0.3, 0.4) is 0 Å². The molecule has 1 aliphatic rings. The standard InChI is InChI=1S/C14H18O4/c1-14(2)7-6-9-8-10(4-5-11(9)18-14)12(17-3)13(15)16/h4-5,8,12H,6-7H2,1-3H3,(H,15,16)/t12-/m1/s1. The number of rotatable bonds is 3. The Morgan fingerprint density at radius 3 is 2.83 bits per heavy atom. The molecule has 1 aromatic carbocycles. The van der Waals surface area contributed by atoms with Gasteiger partial charge in [0.2, 0.25) is 0 Å². The summed E-state index contributed by atoms with van der Waals surface area (Å²) < 4.78 is 10.8. The number of carbonyl (C=O) groups is 1. The van der Waals surface area contributed by atoms with E-state index in [2.05, 4.69) is 13.8 Å². The number of hydrogen-bond donors (Lipinski definition) is 1. The van der Waals surface area contributed by atoms with E-state index in [1.54, 1.807) is 6.07 Å². The smallest absolute Gasteiger partial charge is 0.337 e. The monoisotopic (exact) mass is 250 g/mol. The lowest BCUT2D eigenvalue weighted by atomic mass is 9.92. The van der Waals surface area contributed by atoms with Crippen LogP contribution in [0.25, 0.3) is 0 Å². The van der Waals surface area contributed by atoms with Crippen molar-refractivity contribution in [1.29, 1.82) is 0 Å². The molecule has 18 heavy (non-hydrogen) atoms. The average molecular weight is 250 g/mol. The fraction of sp³-hybridized carbons (Fsp3) is 0.500. The number of fused-ring (bicyclic) bond motifs is 1. The summed E-state index contributed by atoms with van der Waals surface area (Å²) in [6.45, 7) is 4.11. The van der Waals surface area contributed by atoms with Gasteiger partial charge >= 0.3 is 5.97 Å². The molecule has 1 N–H and O–H groups in total. The first-order chi connectivity index (χ1) is 8.43. The number of benzene rings is 1. The molecule has 0 saturated heterocycles. The van der Waals surface area contributed by atoms with Crippen molar-refractivity contribution in [2.45, 2.75) is 38.4 Å². The summed E-state index contributed by atoms with van der Waals surface area (Å²) in [5.41, 5.74) is 1.56. The van der Waals surface area contributed by atoms with Gasteiger partial charge in [0.1, 0.15) is 11.4 Å². The minimum absolute atomic E-state index is 0.151. The maximum atomic E-state index is 11.0. The van der Waals surface area contributed by atoms with Gasteiger partial charge in [-0.1, -0.05) is 6.07 Å². The lowest BCUT2D eigenvalue weighted by molar-refractivity contribution is -0.148. The molecule has 0 aromatic heterocycles. The van der Waals surface area contributed by atoms with E-state index in [-0.39, 0.29) is 5.60 Å². The maximum absolute atomic E-state index is 11.0. The first-order valence-electron chi connectivity index (χ1n) is 6.00. The van der Waals surface area contributed by atoms with Gasteiger partial charge in [0.25, 0.3) is 0 Å². The highest BCUT2D eigenvalue weighted by Gasteiger charge is 2.28. The molecule has 1 aromatic rings. The summed E-state index contributed by atoms with van der Waals surface area (Å²) >= 11 is 0. The minimum Gasteiger partial charge on any atom is -0.488 e. The van der Waals surface area contributed by atoms with Crippen LogP contribution in [0.1, 0.15) is 37.5 Å². The molecule has 0 amide bonds. The number of carboxylic acid groups (broad SMARTS) is 1. The third kappa shape index (κ3) is 2.48. The zero-order valence-electron chi connectivity index (χ0n) is 10.9. The molecule has 0 bridgehead atoms. The zero-order valence-corrected chi connectivity index (χ0v) is 10.9. The predicted molar refractivity (Wildman–Crippen MR) is 66.9 cm³/mol. The second-order valence-electron chi connectivity index (χ2n) is 5.18. The van der Waals surface area contributed by atoms with Gasteiger partial charge in [0, 0.05) is 7.11 Å². The van der Waals surface area contributed by atoms with Crippen molar-refractivity contribution >= 4 is 5.97 Å². The summed E-state index contributed by atoms with van der Waals surface area (Å²) in [6, 6.07) is 5.45. The summed E-state index contributed by atoms with van der Waals surface area (Å²) in [6.07, 6.45) is 0.908. The molecule has 1 aliphatic heterocycles. The van der Waals surface area contributed by atoms with E-state index in [1.807, 2.05) is 12.1 Å². The molecule has 0 spiro atoms. The van der Waals surface area contributed by atoms with E-state index in [4.69, 9.17) is 14.6 Å².